The van der Waals surface area contributed by atoms with Crippen molar-refractivity contribution in [2.24, 2.45) is 5.73 Å². The van der Waals surface area contributed by atoms with Crippen molar-refractivity contribution in [1.82, 2.24) is 0 Å². The lowest BCUT2D eigenvalue weighted by Gasteiger charge is -2.20. The number of allylic oxidation sites excluding steroid dienone is 14. The van der Waals surface area contributed by atoms with Gasteiger partial charge in [-0.15, -0.1) is 0 Å². The third-order valence-corrected chi connectivity index (χ3v) is 10.2. The van der Waals surface area contributed by atoms with Gasteiger partial charge >= 0.3 is 25.7 Å². The molecule has 342 valence electrons. The van der Waals surface area contributed by atoms with Gasteiger partial charge in [0.2, 0.25) is 0 Å². The van der Waals surface area contributed by atoms with Crippen molar-refractivity contribution in [3.8, 4) is 0 Å². The Balaban J connectivity index is 4.36. The van der Waals surface area contributed by atoms with E-state index in [-0.39, 0.29) is 19.4 Å². The zero-order valence-corrected chi connectivity index (χ0v) is 37.9. The molecule has 0 fully saturated rings. The Morgan fingerprint density at radius 3 is 1.57 bits per heavy atom. The molecule has 0 heterocycles. The average molecular weight is 862 g/mol. The van der Waals surface area contributed by atoms with Gasteiger partial charge in [-0.1, -0.05) is 182 Å². The molecule has 0 aromatic heterocycles. The van der Waals surface area contributed by atoms with Crippen LogP contribution in [-0.4, -0.2) is 59.9 Å². The van der Waals surface area contributed by atoms with Crippen LogP contribution in [0.4, 0.5) is 0 Å². The molecule has 4 N–H and O–H groups in total. The van der Waals surface area contributed by atoms with E-state index in [9.17, 15) is 23.8 Å². The van der Waals surface area contributed by atoms with E-state index in [1.54, 1.807) is 0 Å². The number of rotatable bonds is 41. The summed E-state index contributed by atoms with van der Waals surface area (Å²) in [5.41, 5.74) is 5.32. The van der Waals surface area contributed by atoms with Gasteiger partial charge in [0, 0.05) is 12.8 Å². The van der Waals surface area contributed by atoms with Crippen LogP contribution in [0.2, 0.25) is 0 Å². The number of ether oxygens (including phenoxy) is 2. The second kappa shape index (κ2) is 42.4. The van der Waals surface area contributed by atoms with Gasteiger partial charge in [0.1, 0.15) is 12.6 Å². The van der Waals surface area contributed by atoms with Gasteiger partial charge in [0.15, 0.2) is 6.10 Å². The lowest BCUT2D eigenvalue weighted by Crippen LogP contribution is -2.34. The Morgan fingerprint density at radius 1 is 0.550 bits per heavy atom. The standard InChI is InChI=1S/C48H80NO10P/c1-3-5-7-9-11-13-15-17-18-19-20-21-22-23-24-25-26-28-29-31-33-35-37-39-46(50)56-41-44(42-57-60(54,55)58-43-45(49)48(52)53)59-47(51)40-38-36-34-32-30-27-16-14-12-10-8-6-4-2/h6,8,10,12,14,16,20-21,23-24,27,30,32,34,44-45H,3-5,7,9,11,13,15,17-19,22,25-26,28-29,31,33,35-43,49H2,1-2H3,(H,52,53)(H,54,55)/b8-6+,12-10+,16-14+,21-20+,24-23+,30-27+,34-32+/t44?,45-/m0/s1. The molecule has 11 nitrogen and oxygen atoms in total. The van der Waals surface area contributed by atoms with Gasteiger partial charge in [-0.3, -0.25) is 23.4 Å². The van der Waals surface area contributed by atoms with Crippen LogP contribution in [0, 0.1) is 0 Å². The molecule has 0 rings (SSSR count). The minimum atomic E-state index is -4.74. The van der Waals surface area contributed by atoms with Crippen molar-refractivity contribution in [2.75, 3.05) is 19.8 Å². The maximum Gasteiger partial charge on any atom is 0.472 e. The molecule has 0 radical (unpaired) electrons. The summed E-state index contributed by atoms with van der Waals surface area (Å²) in [4.78, 5) is 45.9. The zero-order valence-electron chi connectivity index (χ0n) is 37.0. The molecule has 0 aliphatic heterocycles. The second-order valence-corrected chi connectivity index (χ2v) is 16.4. The Kier molecular flexibility index (Phi) is 40.0. The summed E-state index contributed by atoms with van der Waals surface area (Å²) in [6.07, 6.45) is 52.5. The Morgan fingerprint density at radius 2 is 1.02 bits per heavy atom. The summed E-state index contributed by atoms with van der Waals surface area (Å²) in [5.74, 6) is -2.49. The molecule has 0 aromatic rings. The fourth-order valence-electron chi connectivity index (χ4n) is 5.71. The molecule has 3 atom stereocenters. The van der Waals surface area contributed by atoms with Gasteiger partial charge in [-0.25, -0.2) is 4.57 Å². The van der Waals surface area contributed by atoms with E-state index < -0.39 is 51.1 Å². The average Bonchev–Trinajstić information content (AvgIpc) is 3.22. The quantitative estimate of drug-likeness (QED) is 0.0176. The van der Waals surface area contributed by atoms with Crippen molar-refractivity contribution in [2.45, 2.75) is 180 Å². The fraction of sp³-hybridized carbons (Fsp3) is 0.646. The number of aliphatic carboxylic acids is 1. The predicted molar refractivity (Wildman–Crippen MR) is 244 cm³/mol. The molecule has 0 spiro atoms. The number of phosphoric ester groups is 1. The molecule has 0 aromatic carbocycles. The number of nitrogens with two attached hydrogens (primary N) is 1. The molecule has 0 bridgehead atoms. The zero-order chi connectivity index (χ0) is 44.2. The number of phosphoric acid groups is 1. The number of carboxylic acid groups (broad SMARTS) is 1. The Hall–Kier alpha value is -3.34. The number of unbranched alkanes of at least 4 members (excludes halogenated alkanes) is 17. The third-order valence-electron chi connectivity index (χ3n) is 9.26. The molecule has 12 heteroatoms. The highest BCUT2D eigenvalue weighted by Gasteiger charge is 2.28. The molecule has 60 heavy (non-hydrogen) atoms. The molecule has 0 amide bonds. The normalized spacial score (nSPS) is 14.5. The van der Waals surface area contributed by atoms with E-state index in [2.05, 4.69) is 48.8 Å². The molecule has 2 unspecified atom stereocenters. The monoisotopic (exact) mass is 862 g/mol. The maximum absolute atomic E-state index is 12.6. The summed E-state index contributed by atoms with van der Waals surface area (Å²) >= 11 is 0. The first-order valence-electron chi connectivity index (χ1n) is 22.7. The van der Waals surface area contributed by atoms with Crippen molar-refractivity contribution < 1.29 is 47.5 Å². The van der Waals surface area contributed by atoms with Crippen molar-refractivity contribution in [3.63, 3.8) is 0 Å². The number of hydrogen-bond donors (Lipinski definition) is 3. The Bertz CT molecular complexity index is 1340. The van der Waals surface area contributed by atoms with E-state index in [1.807, 2.05) is 54.7 Å². The van der Waals surface area contributed by atoms with Crippen LogP contribution >= 0.6 is 7.82 Å². The Labute approximate surface area is 362 Å². The number of esters is 2. The van der Waals surface area contributed by atoms with Crippen molar-refractivity contribution >= 4 is 25.7 Å². The van der Waals surface area contributed by atoms with Crippen LogP contribution in [0.15, 0.2) is 85.1 Å². The highest BCUT2D eigenvalue weighted by molar-refractivity contribution is 7.47. The third kappa shape index (κ3) is 41.4. The van der Waals surface area contributed by atoms with Crippen LogP contribution in [0.3, 0.4) is 0 Å². The fourth-order valence-corrected chi connectivity index (χ4v) is 6.49. The van der Waals surface area contributed by atoms with E-state index in [1.165, 1.54) is 77.0 Å². The minimum Gasteiger partial charge on any atom is -0.480 e. The van der Waals surface area contributed by atoms with Gasteiger partial charge in [0.25, 0.3) is 0 Å². The van der Waals surface area contributed by atoms with E-state index in [0.29, 0.717) is 19.3 Å². The molecular formula is C48H80NO10P. The topological polar surface area (TPSA) is 172 Å². The highest BCUT2D eigenvalue weighted by Crippen LogP contribution is 2.43. The largest absolute Gasteiger partial charge is 0.480 e. The first-order valence-corrected chi connectivity index (χ1v) is 24.2. The van der Waals surface area contributed by atoms with Crippen LogP contribution in [-0.2, 0) is 37.5 Å². The lowest BCUT2D eigenvalue weighted by molar-refractivity contribution is -0.161. The van der Waals surface area contributed by atoms with E-state index >= 15 is 0 Å². The summed E-state index contributed by atoms with van der Waals surface area (Å²) in [6.45, 7) is 2.56. The van der Waals surface area contributed by atoms with Crippen LogP contribution < -0.4 is 5.73 Å². The summed E-state index contributed by atoms with van der Waals surface area (Å²) in [5, 5.41) is 8.89. The smallest absolute Gasteiger partial charge is 0.472 e. The highest BCUT2D eigenvalue weighted by atomic mass is 31.2. The van der Waals surface area contributed by atoms with Crippen molar-refractivity contribution in [3.05, 3.63) is 85.1 Å². The molecule has 0 aliphatic carbocycles. The molecular weight excluding hydrogens is 781 g/mol. The summed E-state index contributed by atoms with van der Waals surface area (Å²) in [6, 6.07) is -1.54. The van der Waals surface area contributed by atoms with Crippen LogP contribution in [0.25, 0.3) is 0 Å². The van der Waals surface area contributed by atoms with E-state index in [0.717, 1.165) is 44.9 Å². The van der Waals surface area contributed by atoms with Crippen molar-refractivity contribution in [1.29, 1.82) is 0 Å². The summed E-state index contributed by atoms with van der Waals surface area (Å²) in [7, 11) is -4.74. The van der Waals surface area contributed by atoms with Gasteiger partial charge in [-0.05, 0) is 57.8 Å². The predicted octanol–water partition coefficient (Wildman–Crippen LogP) is 12.3. The number of carboxylic acids is 1. The molecule has 0 saturated carbocycles. The number of carbonyl (C=O) groups excluding carboxylic acids is 2. The first kappa shape index (κ1) is 56.7. The minimum absolute atomic E-state index is 0.0586. The molecule has 0 aliphatic rings. The van der Waals surface area contributed by atoms with Gasteiger partial charge in [0.05, 0.1) is 13.2 Å². The van der Waals surface area contributed by atoms with E-state index in [4.69, 9.17) is 24.8 Å². The van der Waals surface area contributed by atoms with Gasteiger partial charge < -0.3 is 25.2 Å². The maximum atomic E-state index is 12.6. The number of hydrogen-bond acceptors (Lipinski definition) is 9. The van der Waals surface area contributed by atoms with Crippen LogP contribution in [0.5, 0.6) is 0 Å². The van der Waals surface area contributed by atoms with Gasteiger partial charge in [-0.2, -0.15) is 0 Å². The first-order chi connectivity index (χ1) is 29.1. The van der Waals surface area contributed by atoms with Crippen LogP contribution in [0.1, 0.15) is 168 Å². The molecule has 0 saturated heterocycles. The summed E-state index contributed by atoms with van der Waals surface area (Å²) < 4.78 is 32.6. The lowest BCUT2D eigenvalue weighted by atomic mass is 10.1. The SMILES string of the molecule is CC/C=C/C=C/C=C/C=C/C=C/CCCC(=O)OC(COC(=O)CCCCCCCCC/C=C/C/C=C/CCCCCCCCCCC)COP(=O)(O)OC[C@H](N)C(=O)O. The number of carbonyl (C=O) groups is 3. The second-order valence-electron chi connectivity index (χ2n) is 14.9.